The fraction of sp³-hybridized carbons (Fsp3) is 0.625. The van der Waals surface area contributed by atoms with E-state index in [4.69, 9.17) is 4.74 Å². The maximum atomic E-state index is 11.7. The van der Waals surface area contributed by atoms with Crippen LogP contribution in [0.25, 0.3) is 5.65 Å². The van der Waals surface area contributed by atoms with Gasteiger partial charge in [0, 0.05) is 18.8 Å². The van der Waals surface area contributed by atoms with Crippen molar-refractivity contribution < 1.29 is 9.53 Å². The van der Waals surface area contributed by atoms with Crippen LogP contribution in [-0.4, -0.2) is 50.4 Å². The van der Waals surface area contributed by atoms with E-state index in [0.29, 0.717) is 13.0 Å². The van der Waals surface area contributed by atoms with Gasteiger partial charge in [-0.2, -0.15) is 9.61 Å². The Kier molecular flexibility index (Phi) is 4.30. The summed E-state index contributed by atoms with van der Waals surface area (Å²) in [6.45, 7) is 6.06. The second kappa shape index (κ2) is 6.23. The molecule has 1 aliphatic heterocycles. The van der Waals surface area contributed by atoms with Gasteiger partial charge >= 0.3 is 5.97 Å². The van der Waals surface area contributed by atoms with Crippen LogP contribution in [0.4, 0.5) is 0 Å². The van der Waals surface area contributed by atoms with E-state index in [-0.39, 0.29) is 17.4 Å². The predicted molar refractivity (Wildman–Crippen MR) is 84.6 cm³/mol. The number of fused-ring (bicyclic) bond motifs is 1. The molecule has 7 nitrogen and oxygen atoms in total. The minimum absolute atomic E-state index is 0.163. The highest BCUT2D eigenvalue weighted by atomic mass is 16.5. The van der Waals surface area contributed by atoms with Crippen LogP contribution in [0.3, 0.4) is 0 Å². The summed E-state index contributed by atoms with van der Waals surface area (Å²) in [5.74, 6) is 0.636. The van der Waals surface area contributed by atoms with Gasteiger partial charge in [-0.05, 0) is 30.4 Å². The molecule has 1 atom stereocenters. The quantitative estimate of drug-likeness (QED) is 0.799. The Hall–Kier alpha value is -2.02. The Morgan fingerprint density at radius 1 is 1.43 bits per heavy atom. The van der Waals surface area contributed by atoms with Gasteiger partial charge in [0.1, 0.15) is 0 Å². The maximum absolute atomic E-state index is 11.7. The summed E-state index contributed by atoms with van der Waals surface area (Å²) in [6.07, 6.45) is 4.22. The first-order valence-corrected chi connectivity index (χ1v) is 7.95. The molecule has 1 aliphatic rings. The highest BCUT2D eigenvalue weighted by Crippen LogP contribution is 2.34. The van der Waals surface area contributed by atoms with Crippen molar-refractivity contribution in [3.8, 4) is 0 Å². The fourth-order valence-corrected chi connectivity index (χ4v) is 3.26. The molecule has 0 saturated carbocycles. The van der Waals surface area contributed by atoms with Crippen LogP contribution in [0, 0.1) is 5.41 Å². The van der Waals surface area contributed by atoms with E-state index in [1.807, 2.05) is 12.1 Å². The van der Waals surface area contributed by atoms with Gasteiger partial charge in [-0.25, -0.2) is 0 Å². The zero-order chi connectivity index (χ0) is 16.4. The third-order valence-electron chi connectivity index (χ3n) is 4.52. The molecule has 3 heterocycles. The van der Waals surface area contributed by atoms with Crippen molar-refractivity contribution >= 4 is 11.6 Å². The van der Waals surface area contributed by atoms with E-state index in [1.165, 1.54) is 7.11 Å². The number of piperidine rings is 1. The van der Waals surface area contributed by atoms with Gasteiger partial charge in [0.2, 0.25) is 0 Å². The molecular formula is C16H23N5O2. The maximum Gasteiger partial charge on any atom is 0.307 e. The Morgan fingerprint density at radius 3 is 3.04 bits per heavy atom. The van der Waals surface area contributed by atoms with E-state index in [0.717, 1.165) is 30.9 Å². The minimum Gasteiger partial charge on any atom is -0.469 e. The molecule has 0 spiro atoms. The van der Waals surface area contributed by atoms with Crippen LogP contribution in [-0.2, 0) is 16.1 Å². The van der Waals surface area contributed by atoms with Crippen molar-refractivity contribution in [2.75, 3.05) is 13.7 Å². The van der Waals surface area contributed by atoms with Gasteiger partial charge < -0.3 is 4.74 Å². The normalized spacial score (nSPS) is 21.4. The lowest BCUT2D eigenvalue weighted by Gasteiger charge is -2.43. The smallest absolute Gasteiger partial charge is 0.307 e. The van der Waals surface area contributed by atoms with Gasteiger partial charge in [0.05, 0.1) is 20.1 Å². The molecule has 1 fully saturated rings. The summed E-state index contributed by atoms with van der Waals surface area (Å²) in [7, 11) is 1.44. The third kappa shape index (κ3) is 3.50. The Balaban J connectivity index is 1.82. The van der Waals surface area contributed by atoms with Gasteiger partial charge in [-0.3, -0.25) is 9.69 Å². The molecule has 0 amide bonds. The summed E-state index contributed by atoms with van der Waals surface area (Å²) in [5, 5.41) is 12.7. The van der Waals surface area contributed by atoms with Crippen LogP contribution in [0.2, 0.25) is 0 Å². The second-order valence-electron chi connectivity index (χ2n) is 6.95. The molecular weight excluding hydrogens is 294 g/mol. The summed E-state index contributed by atoms with van der Waals surface area (Å²) in [6, 6.07) is 3.90. The van der Waals surface area contributed by atoms with Gasteiger partial charge in [0.15, 0.2) is 11.5 Å². The second-order valence-corrected chi connectivity index (χ2v) is 6.95. The van der Waals surface area contributed by atoms with Crippen LogP contribution < -0.4 is 0 Å². The number of rotatable bonds is 4. The minimum atomic E-state index is -0.163. The first-order valence-electron chi connectivity index (χ1n) is 7.95. The molecule has 1 unspecified atom stereocenters. The lowest BCUT2D eigenvalue weighted by molar-refractivity contribution is -0.143. The van der Waals surface area contributed by atoms with Crippen molar-refractivity contribution in [3.05, 3.63) is 24.2 Å². The van der Waals surface area contributed by atoms with E-state index in [2.05, 4.69) is 34.0 Å². The van der Waals surface area contributed by atoms with Gasteiger partial charge in [-0.1, -0.05) is 13.8 Å². The number of ether oxygens (including phenoxy) is 1. The fourth-order valence-electron chi connectivity index (χ4n) is 3.26. The molecule has 0 bridgehead atoms. The Morgan fingerprint density at radius 2 is 2.26 bits per heavy atom. The molecule has 3 rings (SSSR count). The molecule has 2 aromatic heterocycles. The van der Waals surface area contributed by atoms with Crippen LogP contribution in [0.15, 0.2) is 18.3 Å². The number of hydrogen-bond donors (Lipinski definition) is 0. The topological polar surface area (TPSA) is 72.6 Å². The first-order chi connectivity index (χ1) is 11.0. The molecule has 124 valence electrons. The van der Waals surface area contributed by atoms with E-state index < -0.39 is 0 Å². The Bertz CT molecular complexity index is 697. The number of esters is 1. The number of aromatic nitrogens is 4. The zero-order valence-electron chi connectivity index (χ0n) is 13.9. The van der Waals surface area contributed by atoms with Crippen molar-refractivity contribution in [1.82, 2.24) is 24.7 Å². The van der Waals surface area contributed by atoms with E-state index in [9.17, 15) is 4.79 Å². The van der Waals surface area contributed by atoms with E-state index >= 15 is 0 Å². The molecule has 7 heteroatoms. The summed E-state index contributed by atoms with van der Waals surface area (Å²) in [4.78, 5) is 14.0. The highest BCUT2D eigenvalue weighted by Gasteiger charge is 2.34. The number of nitrogens with zero attached hydrogens (tertiary/aromatic N) is 5. The molecule has 0 aromatic carbocycles. The number of hydrogen-bond acceptors (Lipinski definition) is 6. The molecule has 1 saturated heterocycles. The van der Waals surface area contributed by atoms with Crippen molar-refractivity contribution in [3.63, 3.8) is 0 Å². The van der Waals surface area contributed by atoms with Crippen LogP contribution in [0.1, 0.15) is 38.9 Å². The molecule has 23 heavy (non-hydrogen) atoms. The van der Waals surface area contributed by atoms with Crippen LogP contribution >= 0.6 is 0 Å². The predicted octanol–water partition coefficient (Wildman–Crippen LogP) is 1.68. The van der Waals surface area contributed by atoms with Crippen molar-refractivity contribution in [1.29, 1.82) is 0 Å². The van der Waals surface area contributed by atoms with Gasteiger partial charge in [0.25, 0.3) is 0 Å². The first kappa shape index (κ1) is 15.9. The lowest BCUT2D eigenvalue weighted by Crippen LogP contribution is -2.47. The van der Waals surface area contributed by atoms with Crippen LogP contribution in [0.5, 0.6) is 0 Å². The van der Waals surface area contributed by atoms with E-state index in [1.54, 1.807) is 10.7 Å². The number of carbonyl (C=O) groups is 1. The molecule has 0 radical (unpaired) electrons. The molecule has 0 N–H and O–H groups in total. The summed E-state index contributed by atoms with van der Waals surface area (Å²) >= 11 is 0. The monoisotopic (exact) mass is 317 g/mol. The average Bonchev–Trinajstić information content (AvgIpc) is 2.93. The summed E-state index contributed by atoms with van der Waals surface area (Å²) < 4.78 is 6.61. The van der Waals surface area contributed by atoms with Gasteiger partial charge in [-0.15, -0.1) is 10.2 Å². The number of carbonyl (C=O) groups excluding carboxylic acids is 1. The largest absolute Gasteiger partial charge is 0.469 e. The zero-order valence-corrected chi connectivity index (χ0v) is 13.9. The number of likely N-dealkylation sites (tertiary alicyclic amines) is 1. The van der Waals surface area contributed by atoms with Crippen molar-refractivity contribution in [2.24, 2.45) is 5.41 Å². The lowest BCUT2D eigenvalue weighted by atomic mass is 9.80. The standard InChI is InChI=1S/C16H23N5O2/c1-16(2)7-6-12(9-15(22)23-3)20(11-16)10-14-19-18-13-5-4-8-17-21(13)14/h4-5,8,12H,6-7,9-11H2,1-3H3. The average molecular weight is 317 g/mol. The highest BCUT2D eigenvalue weighted by molar-refractivity contribution is 5.69. The van der Waals surface area contributed by atoms with Crippen molar-refractivity contribution in [2.45, 2.75) is 45.7 Å². The molecule has 0 aliphatic carbocycles. The third-order valence-corrected chi connectivity index (χ3v) is 4.52. The summed E-state index contributed by atoms with van der Waals surface area (Å²) in [5.41, 5.74) is 0.962. The molecule has 2 aromatic rings. The number of methoxy groups -OCH3 is 1. The SMILES string of the molecule is COC(=O)CC1CCC(C)(C)CN1Cc1nnc2cccnn12. The Labute approximate surface area is 135 Å².